The van der Waals surface area contributed by atoms with Gasteiger partial charge in [-0.25, -0.2) is 0 Å². The van der Waals surface area contributed by atoms with Crippen molar-refractivity contribution < 1.29 is 69.0 Å². The molecular weight excluding hydrogens is 752 g/mol. The first-order valence-electron chi connectivity index (χ1n) is 21.8. The predicted octanol–water partition coefficient (Wildman–Crippen LogP) is 2.35. The lowest BCUT2D eigenvalue weighted by Gasteiger charge is -2.73. The van der Waals surface area contributed by atoms with Crippen molar-refractivity contribution in [3.8, 4) is 0 Å². The van der Waals surface area contributed by atoms with Gasteiger partial charge in [0.1, 0.15) is 36.6 Å². The number of rotatable bonds is 7. The monoisotopic (exact) mass is 822 g/mol. The van der Waals surface area contributed by atoms with Crippen LogP contribution in [0.25, 0.3) is 0 Å². The van der Waals surface area contributed by atoms with Crippen LogP contribution in [0.5, 0.6) is 0 Å². The Balaban J connectivity index is 1.05. The maximum absolute atomic E-state index is 12.2. The molecule has 58 heavy (non-hydrogen) atoms. The van der Waals surface area contributed by atoms with Crippen LogP contribution in [0.1, 0.15) is 107 Å². The standard InChI is InChI=1S/C44H70O14/c1-22-30(49)34(58-37-35(55-23(2)47)32(51)31(50)24(19-45)56-37)33(52)36(54-22)57-29-11-12-39(5)25(40(29,6)20-46)9-13-41(7)26(39)10-14-44-27-17-38(3,4)15-16-43(27,21-53-44)28(48)18-42(41,44)8/h10,14,22,24-37,45-46,48-52H,9,11-13,15-21H2,1-8H3/t22-,24-,25+,26-,27-,28-,29+,30+,31-,32+,33-,34+,35-,36+,37+,39+,40+,41-,42+,43-,44+/m1/s1. The molecule has 0 aromatic carbocycles. The number of esters is 1. The first-order valence-corrected chi connectivity index (χ1v) is 21.8. The average molecular weight is 823 g/mol. The largest absolute Gasteiger partial charge is 0.454 e. The maximum atomic E-state index is 12.2. The highest BCUT2D eigenvalue weighted by Crippen LogP contribution is 2.79. The third-order valence-electron chi connectivity index (χ3n) is 18.2. The molecule has 0 amide bonds. The smallest absolute Gasteiger partial charge is 0.303 e. The fourth-order valence-corrected chi connectivity index (χ4v) is 14.6. The van der Waals surface area contributed by atoms with Gasteiger partial charge in [-0.1, -0.05) is 53.7 Å². The summed E-state index contributed by atoms with van der Waals surface area (Å²) in [5.41, 5.74) is -2.00. The molecule has 3 heterocycles. The molecule has 21 atom stereocenters. The molecule has 5 aliphatic carbocycles. The van der Waals surface area contributed by atoms with Crippen LogP contribution in [0.15, 0.2) is 12.2 Å². The molecular formula is C44H70O14. The Labute approximate surface area is 342 Å². The van der Waals surface area contributed by atoms with E-state index < -0.39 is 97.2 Å². The van der Waals surface area contributed by atoms with Gasteiger partial charge >= 0.3 is 5.97 Å². The quantitative estimate of drug-likeness (QED) is 0.112. The summed E-state index contributed by atoms with van der Waals surface area (Å²) in [4.78, 5) is 12.0. The highest BCUT2D eigenvalue weighted by atomic mass is 16.7. The zero-order valence-corrected chi connectivity index (χ0v) is 35.6. The zero-order chi connectivity index (χ0) is 42.2. The first kappa shape index (κ1) is 43.4. The van der Waals surface area contributed by atoms with Gasteiger partial charge < -0.3 is 64.2 Å². The van der Waals surface area contributed by atoms with Crippen LogP contribution in [-0.4, -0.2) is 141 Å². The molecule has 8 aliphatic rings. The summed E-state index contributed by atoms with van der Waals surface area (Å²) in [5, 5.41) is 77.6. The van der Waals surface area contributed by atoms with Gasteiger partial charge in [-0.05, 0) is 86.4 Å². The molecule has 0 radical (unpaired) electrons. The Morgan fingerprint density at radius 1 is 0.793 bits per heavy atom. The van der Waals surface area contributed by atoms with Gasteiger partial charge in [0.15, 0.2) is 18.7 Å². The Bertz CT molecular complexity index is 1610. The number of hydrogen-bond donors (Lipinski definition) is 7. The summed E-state index contributed by atoms with van der Waals surface area (Å²) in [7, 11) is 0. The second kappa shape index (κ2) is 14.4. The molecule has 2 bridgehead atoms. The molecule has 14 nitrogen and oxygen atoms in total. The van der Waals surface area contributed by atoms with E-state index in [-0.39, 0.29) is 51.4 Å². The SMILES string of the molecule is CC(=O)O[C@H]1[C@H](O[C@H]2[C@@H](O)[C@@H](C)O[C@@H](O[C@H]3CC[C@@]4(C)[C@H](CC[C@]5(C)[C@@H]4C=C[C@]46OC[C@@]7(CCC(C)(C)C[C@H]74)[C@H](O)C[C@]65C)[C@]3(C)CO)[C@@H]2O)O[C@H](CO)[C@@H](O)[C@@H]1O. The molecule has 8 rings (SSSR count). The van der Waals surface area contributed by atoms with Gasteiger partial charge in [-0.3, -0.25) is 4.79 Å². The molecule has 0 aromatic heterocycles. The van der Waals surface area contributed by atoms with Crippen molar-refractivity contribution in [3.63, 3.8) is 0 Å². The average Bonchev–Trinajstić information content (AvgIpc) is 3.44. The summed E-state index contributed by atoms with van der Waals surface area (Å²) < 4.78 is 36.9. The van der Waals surface area contributed by atoms with Crippen LogP contribution >= 0.6 is 0 Å². The number of aliphatic hydroxyl groups is 7. The molecule has 4 saturated carbocycles. The third-order valence-corrected chi connectivity index (χ3v) is 18.2. The lowest BCUT2D eigenvalue weighted by Crippen LogP contribution is -2.72. The number of carbonyl (C=O) groups excluding carboxylic acids is 1. The van der Waals surface area contributed by atoms with Gasteiger partial charge in [-0.15, -0.1) is 0 Å². The Morgan fingerprint density at radius 2 is 1.52 bits per heavy atom. The van der Waals surface area contributed by atoms with Crippen molar-refractivity contribution >= 4 is 5.97 Å². The fourth-order valence-electron chi connectivity index (χ4n) is 14.6. The van der Waals surface area contributed by atoms with Gasteiger partial charge in [-0.2, -0.15) is 0 Å². The fraction of sp³-hybridized carbons (Fsp3) is 0.932. The minimum absolute atomic E-state index is 0.0223. The van der Waals surface area contributed by atoms with E-state index in [0.717, 1.165) is 45.4 Å². The summed E-state index contributed by atoms with van der Waals surface area (Å²) in [5.74, 6) is -0.382. The normalized spacial score (nSPS) is 57.1. The molecule has 3 saturated heterocycles. The van der Waals surface area contributed by atoms with E-state index in [9.17, 15) is 40.5 Å². The number of aliphatic hydroxyl groups excluding tert-OH is 7. The number of allylic oxidation sites excluding steroid dienone is 1. The molecule has 330 valence electrons. The van der Waals surface area contributed by atoms with Crippen molar-refractivity contribution in [2.45, 2.75) is 186 Å². The first-order chi connectivity index (χ1) is 27.1. The minimum Gasteiger partial charge on any atom is -0.454 e. The lowest BCUT2D eigenvalue weighted by molar-refractivity contribution is -0.368. The van der Waals surface area contributed by atoms with Gasteiger partial charge in [0, 0.05) is 29.1 Å². The molecule has 0 unspecified atom stereocenters. The minimum atomic E-state index is -1.69. The van der Waals surface area contributed by atoms with Gasteiger partial charge in [0.25, 0.3) is 0 Å². The third kappa shape index (κ3) is 5.89. The topological polar surface area (TPSA) is 214 Å². The number of hydrogen-bond acceptors (Lipinski definition) is 14. The number of fused-ring (bicyclic) bond motifs is 4. The van der Waals surface area contributed by atoms with E-state index in [0.29, 0.717) is 19.4 Å². The summed E-state index contributed by atoms with van der Waals surface area (Å²) in [6.45, 7) is 16.4. The van der Waals surface area contributed by atoms with Crippen molar-refractivity contribution in [1.29, 1.82) is 0 Å². The van der Waals surface area contributed by atoms with Gasteiger partial charge in [0.2, 0.25) is 0 Å². The lowest BCUT2D eigenvalue weighted by atomic mass is 9.32. The Morgan fingerprint density at radius 3 is 2.19 bits per heavy atom. The summed E-state index contributed by atoms with van der Waals surface area (Å²) in [6, 6.07) is 0. The van der Waals surface area contributed by atoms with Crippen LogP contribution in [0.4, 0.5) is 0 Å². The van der Waals surface area contributed by atoms with E-state index in [1.54, 1.807) is 6.92 Å². The van der Waals surface area contributed by atoms with Crippen molar-refractivity contribution in [3.05, 3.63) is 12.2 Å². The Hall–Kier alpha value is -1.27. The number of carbonyl (C=O) groups is 1. The Kier molecular flexibility index (Phi) is 10.8. The van der Waals surface area contributed by atoms with Crippen LogP contribution in [0, 0.1) is 50.2 Å². The maximum Gasteiger partial charge on any atom is 0.303 e. The van der Waals surface area contributed by atoms with Crippen LogP contribution < -0.4 is 0 Å². The molecule has 1 spiro atoms. The molecule has 3 aliphatic heterocycles. The highest BCUT2D eigenvalue weighted by Gasteiger charge is 2.79. The van der Waals surface area contributed by atoms with Crippen LogP contribution in [0.2, 0.25) is 0 Å². The predicted molar refractivity (Wildman–Crippen MR) is 206 cm³/mol. The van der Waals surface area contributed by atoms with Crippen LogP contribution in [-0.2, 0) is 33.2 Å². The second-order valence-corrected chi connectivity index (χ2v) is 21.5. The van der Waals surface area contributed by atoms with Crippen molar-refractivity contribution in [2.75, 3.05) is 19.8 Å². The highest BCUT2D eigenvalue weighted by molar-refractivity contribution is 5.66. The van der Waals surface area contributed by atoms with Crippen LogP contribution in [0.3, 0.4) is 0 Å². The summed E-state index contributed by atoms with van der Waals surface area (Å²) >= 11 is 0. The molecule has 14 heteroatoms. The van der Waals surface area contributed by atoms with Gasteiger partial charge in [0.05, 0.1) is 43.7 Å². The van der Waals surface area contributed by atoms with E-state index in [4.69, 9.17) is 28.4 Å². The van der Waals surface area contributed by atoms with Crippen molar-refractivity contribution in [2.24, 2.45) is 50.2 Å². The van der Waals surface area contributed by atoms with E-state index >= 15 is 0 Å². The summed E-state index contributed by atoms with van der Waals surface area (Å²) in [6.07, 6.45) is -3.57. The van der Waals surface area contributed by atoms with E-state index in [1.165, 1.54) is 0 Å². The molecule has 0 aromatic rings. The van der Waals surface area contributed by atoms with E-state index in [2.05, 4.69) is 53.7 Å². The molecule has 7 fully saturated rings. The van der Waals surface area contributed by atoms with E-state index in [1.807, 2.05) is 0 Å². The van der Waals surface area contributed by atoms with Crippen molar-refractivity contribution in [1.82, 2.24) is 0 Å². The number of ether oxygens (including phenoxy) is 6. The second-order valence-electron chi connectivity index (χ2n) is 21.5. The molecule has 7 N–H and O–H groups in total. The zero-order valence-electron chi connectivity index (χ0n) is 35.6.